The van der Waals surface area contributed by atoms with Crippen LogP contribution >= 0.6 is 0 Å². The predicted octanol–water partition coefficient (Wildman–Crippen LogP) is 1.72. The van der Waals surface area contributed by atoms with Gasteiger partial charge in [-0.2, -0.15) is 4.31 Å². The molecule has 0 aromatic heterocycles. The van der Waals surface area contributed by atoms with Crippen molar-refractivity contribution in [3.63, 3.8) is 0 Å². The minimum absolute atomic E-state index is 0.0106. The summed E-state index contributed by atoms with van der Waals surface area (Å²) in [5.74, 6) is -0.0106. The number of ether oxygens (including phenoxy) is 1. The van der Waals surface area contributed by atoms with E-state index in [9.17, 15) is 13.2 Å². The Bertz CT molecular complexity index is 667. The monoisotopic (exact) mass is 354 g/mol. The van der Waals surface area contributed by atoms with E-state index in [1.165, 1.54) is 10.6 Å². The van der Waals surface area contributed by atoms with Crippen LogP contribution in [0.5, 0.6) is 0 Å². The van der Waals surface area contributed by atoms with Gasteiger partial charge < -0.3 is 9.64 Å². The molecule has 0 unspecified atom stereocenters. The fraction of sp³-hybridized carbons (Fsp3) is 0.588. The molecular weight excluding hydrogens is 328 g/mol. The second-order valence-electron chi connectivity index (χ2n) is 6.08. The number of benzene rings is 1. The first-order chi connectivity index (χ1) is 11.4. The van der Waals surface area contributed by atoms with E-state index in [0.29, 0.717) is 44.6 Å². The van der Waals surface area contributed by atoms with Crippen molar-refractivity contribution < 1.29 is 17.9 Å². The van der Waals surface area contributed by atoms with Crippen molar-refractivity contribution >= 4 is 15.9 Å². The van der Waals surface area contributed by atoms with Crippen LogP contribution in [0.15, 0.2) is 24.3 Å². The van der Waals surface area contributed by atoms with Crippen molar-refractivity contribution in [1.82, 2.24) is 9.21 Å². The van der Waals surface area contributed by atoms with Gasteiger partial charge in [0.2, 0.25) is 10.0 Å². The Kier molecular flexibility index (Phi) is 6.37. The number of sulfonamides is 1. The molecule has 24 heavy (non-hydrogen) atoms. The molecule has 0 N–H and O–H groups in total. The van der Waals surface area contributed by atoms with Gasteiger partial charge in [0.15, 0.2) is 0 Å². The molecular formula is C17H26N2O4S. The molecule has 0 saturated carbocycles. The summed E-state index contributed by atoms with van der Waals surface area (Å²) in [6.07, 6.45) is 2.58. The third-order valence-corrected chi connectivity index (χ3v) is 5.85. The highest BCUT2D eigenvalue weighted by atomic mass is 32.2. The van der Waals surface area contributed by atoms with E-state index in [1.807, 2.05) is 31.2 Å². The Morgan fingerprint density at radius 3 is 2.46 bits per heavy atom. The Morgan fingerprint density at radius 2 is 1.92 bits per heavy atom. The van der Waals surface area contributed by atoms with E-state index in [2.05, 4.69) is 0 Å². The molecule has 1 amide bonds. The highest BCUT2D eigenvalue weighted by Crippen LogP contribution is 2.21. The summed E-state index contributed by atoms with van der Waals surface area (Å²) in [4.78, 5) is 14.6. The lowest BCUT2D eigenvalue weighted by atomic mass is 10.0. The third kappa shape index (κ3) is 4.34. The Labute approximate surface area is 144 Å². The highest BCUT2D eigenvalue weighted by molar-refractivity contribution is 7.88. The first-order valence-corrected chi connectivity index (χ1v) is 10.1. The lowest BCUT2D eigenvalue weighted by Crippen LogP contribution is -2.48. The van der Waals surface area contributed by atoms with Crippen molar-refractivity contribution in [2.24, 2.45) is 0 Å². The van der Waals surface area contributed by atoms with Crippen molar-refractivity contribution in [3.05, 3.63) is 35.4 Å². The average molecular weight is 354 g/mol. The van der Waals surface area contributed by atoms with Crippen LogP contribution in [0.2, 0.25) is 0 Å². The standard InChI is InChI=1S/C17H26N2O4S/c1-4-19(24(3,21)22)15-9-11-18(12-10-15)17(20)16-8-6-5-7-14(16)13-23-2/h5-8,15H,4,9-13H2,1-3H3. The van der Waals surface area contributed by atoms with Crippen LogP contribution < -0.4 is 0 Å². The van der Waals surface area contributed by atoms with E-state index in [0.717, 1.165) is 5.56 Å². The number of hydrogen-bond donors (Lipinski definition) is 0. The molecule has 0 bridgehead atoms. The SMILES string of the molecule is CCN(C1CCN(C(=O)c2ccccc2COC)CC1)S(C)(=O)=O. The number of amides is 1. The molecule has 6 nitrogen and oxygen atoms in total. The fourth-order valence-electron chi connectivity index (χ4n) is 3.30. The Hall–Kier alpha value is -1.44. The largest absolute Gasteiger partial charge is 0.380 e. The summed E-state index contributed by atoms with van der Waals surface area (Å²) in [6.45, 7) is 3.84. The highest BCUT2D eigenvalue weighted by Gasteiger charge is 2.31. The average Bonchev–Trinajstić information content (AvgIpc) is 2.55. The summed E-state index contributed by atoms with van der Waals surface area (Å²) in [6, 6.07) is 7.43. The van der Waals surface area contributed by atoms with Crippen LogP contribution in [0.3, 0.4) is 0 Å². The smallest absolute Gasteiger partial charge is 0.254 e. The van der Waals surface area contributed by atoms with Gasteiger partial charge in [-0.1, -0.05) is 25.1 Å². The van der Waals surface area contributed by atoms with Gasteiger partial charge in [0.25, 0.3) is 5.91 Å². The minimum atomic E-state index is -3.21. The Balaban J connectivity index is 2.06. The van der Waals surface area contributed by atoms with Crippen molar-refractivity contribution in [2.45, 2.75) is 32.4 Å². The zero-order valence-corrected chi connectivity index (χ0v) is 15.4. The van der Waals surface area contributed by atoms with Crippen molar-refractivity contribution in [2.75, 3.05) is 33.0 Å². The topological polar surface area (TPSA) is 66.9 Å². The van der Waals surface area contributed by atoms with Crippen LogP contribution in [-0.2, 0) is 21.4 Å². The number of carbonyl (C=O) groups excluding carboxylic acids is 1. The number of hydrogen-bond acceptors (Lipinski definition) is 4. The lowest BCUT2D eigenvalue weighted by Gasteiger charge is -2.37. The number of methoxy groups -OCH3 is 1. The quantitative estimate of drug-likeness (QED) is 0.780. The first-order valence-electron chi connectivity index (χ1n) is 8.21. The normalized spacial score (nSPS) is 16.6. The number of nitrogens with zero attached hydrogens (tertiary/aromatic N) is 2. The van der Waals surface area contributed by atoms with Gasteiger partial charge in [0.05, 0.1) is 12.9 Å². The van der Waals surface area contributed by atoms with E-state index < -0.39 is 10.0 Å². The second kappa shape index (κ2) is 8.09. The number of carbonyl (C=O) groups is 1. The molecule has 2 rings (SSSR count). The van der Waals surface area contributed by atoms with E-state index >= 15 is 0 Å². The molecule has 0 aliphatic carbocycles. The second-order valence-corrected chi connectivity index (χ2v) is 8.01. The first kappa shape index (κ1) is 18.9. The maximum Gasteiger partial charge on any atom is 0.254 e. The van der Waals surface area contributed by atoms with Crippen molar-refractivity contribution in [1.29, 1.82) is 0 Å². The Morgan fingerprint density at radius 1 is 1.29 bits per heavy atom. The molecule has 1 aliphatic heterocycles. The minimum Gasteiger partial charge on any atom is -0.380 e. The summed E-state index contributed by atoms with van der Waals surface area (Å²) in [7, 11) is -1.60. The predicted molar refractivity (Wildman–Crippen MR) is 93.3 cm³/mol. The van der Waals surface area contributed by atoms with Gasteiger partial charge in [-0.05, 0) is 24.5 Å². The fourth-order valence-corrected chi connectivity index (χ4v) is 4.52. The lowest BCUT2D eigenvalue weighted by molar-refractivity contribution is 0.0676. The summed E-state index contributed by atoms with van der Waals surface area (Å²) in [5.41, 5.74) is 1.53. The molecule has 1 saturated heterocycles. The maximum absolute atomic E-state index is 12.8. The zero-order chi connectivity index (χ0) is 17.7. The molecule has 7 heteroatoms. The van der Waals surface area contributed by atoms with Gasteiger partial charge in [0.1, 0.15) is 0 Å². The van der Waals surface area contributed by atoms with Crippen LogP contribution in [0.1, 0.15) is 35.7 Å². The van der Waals surface area contributed by atoms with Gasteiger partial charge in [-0.3, -0.25) is 4.79 Å². The van der Waals surface area contributed by atoms with Crippen LogP contribution in [0, 0.1) is 0 Å². The number of likely N-dealkylation sites (tertiary alicyclic amines) is 1. The molecule has 1 aromatic carbocycles. The zero-order valence-electron chi connectivity index (χ0n) is 14.6. The molecule has 1 aromatic rings. The van der Waals surface area contributed by atoms with Crippen LogP contribution in [0.4, 0.5) is 0 Å². The molecule has 0 atom stereocenters. The van der Waals surface area contributed by atoms with E-state index in [-0.39, 0.29) is 11.9 Å². The summed E-state index contributed by atoms with van der Waals surface area (Å²) in [5, 5.41) is 0. The van der Waals surface area contributed by atoms with Gasteiger partial charge in [-0.25, -0.2) is 8.42 Å². The molecule has 1 fully saturated rings. The maximum atomic E-state index is 12.8. The number of piperidine rings is 1. The third-order valence-electron chi connectivity index (χ3n) is 4.44. The molecule has 1 heterocycles. The number of rotatable bonds is 6. The van der Waals surface area contributed by atoms with Crippen LogP contribution in [-0.4, -0.2) is 62.6 Å². The molecule has 134 valence electrons. The van der Waals surface area contributed by atoms with E-state index in [4.69, 9.17) is 4.74 Å². The summed E-state index contributed by atoms with van der Waals surface area (Å²) < 4.78 is 30.4. The van der Waals surface area contributed by atoms with E-state index in [1.54, 1.807) is 12.0 Å². The van der Waals surface area contributed by atoms with Gasteiger partial charge >= 0.3 is 0 Å². The molecule has 1 aliphatic rings. The molecule has 0 spiro atoms. The van der Waals surface area contributed by atoms with Gasteiger partial charge in [0, 0.05) is 38.3 Å². The summed E-state index contributed by atoms with van der Waals surface area (Å²) >= 11 is 0. The van der Waals surface area contributed by atoms with Crippen LogP contribution in [0.25, 0.3) is 0 Å². The molecule has 0 radical (unpaired) electrons. The van der Waals surface area contributed by atoms with Gasteiger partial charge in [-0.15, -0.1) is 0 Å². The van der Waals surface area contributed by atoms with Crippen molar-refractivity contribution in [3.8, 4) is 0 Å².